The standard InChI is InChI=1S/C9H15NO/c1-7(2)8-3-4-9(11)10-6-5-8/h8H,1,3-6H2,2H3,(H,10,11)/t8-/m0/s1. The van der Waals surface area contributed by atoms with E-state index in [1.807, 2.05) is 6.92 Å². The van der Waals surface area contributed by atoms with Crippen LogP contribution in [0, 0.1) is 5.92 Å². The Bertz CT molecular complexity index is 174. The van der Waals surface area contributed by atoms with Gasteiger partial charge >= 0.3 is 0 Å². The maximum absolute atomic E-state index is 10.9. The Morgan fingerprint density at radius 1 is 1.64 bits per heavy atom. The molecule has 0 spiro atoms. The summed E-state index contributed by atoms with van der Waals surface area (Å²) in [6.45, 7) is 6.76. The highest BCUT2D eigenvalue weighted by Gasteiger charge is 2.15. The quantitative estimate of drug-likeness (QED) is 0.568. The summed E-state index contributed by atoms with van der Waals surface area (Å²) in [7, 11) is 0. The van der Waals surface area contributed by atoms with Crippen molar-refractivity contribution >= 4 is 5.91 Å². The van der Waals surface area contributed by atoms with E-state index in [0.717, 1.165) is 19.4 Å². The summed E-state index contributed by atoms with van der Waals surface area (Å²) >= 11 is 0. The Morgan fingerprint density at radius 3 is 3.00 bits per heavy atom. The topological polar surface area (TPSA) is 29.1 Å². The molecule has 11 heavy (non-hydrogen) atoms. The van der Waals surface area contributed by atoms with Gasteiger partial charge in [0.1, 0.15) is 0 Å². The molecule has 2 heteroatoms. The Labute approximate surface area is 67.7 Å². The van der Waals surface area contributed by atoms with E-state index in [9.17, 15) is 4.79 Å². The fraction of sp³-hybridized carbons (Fsp3) is 0.667. The van der Waals surface area contributed by atoms with E-state index < -0.39 is 0 Å². The lowest BCUT2D eigenvalue weighted by molar-refractivity contribution is -0.120. The molecule has 1 atom stereocenters. The Morgan fingerprint density at radius 2 is 2.36 bits per heavy atom. The van der Waals surface area contributed by atoms with E-state index in [1.54, 1.807) is 0 Å². The summed E-state index contributed by atoms with van der Waals surface area (Å²) in [5.41, 5.74) is 1.21. The molecule has 0 aliphatic carbocycles. The maximum Gasteiger partial charge on any atom is 0.220 e. The van der Waals surface area contributed by atoms with Gasteiger partial charge in [0.25, 0.3) is 0 Å². The van der Waals surface area contributed by atoms with Crippen molar-refractivity contribution in [3.05, 3.63) is 12.2 Å². The highest BCUT2D eigenvalue weighted by Crippen LogP contribution is 2.20. The van der Waals surface area contributed by atoms with Gasteiger partial charge in [-0.15, -0.1) is 0 Å². The maximum atomic E-state index is 10.9. The lowest BCUT2D eigenvalue weighted by Gasteiger charge is -2.11. The van der Waals surface area contributed by atoms with Gasteiger partial charge in [-0.1, -0.05) is 12.2 Å². The van der Waals surface area contributed by atoms with Crippen LogP contribution in [-0.4, -0.2) is 12.5 Å². The third kappa shape index (κ3) is 2.37. The molecule has 1 saturated heterocycles. The first-order chi connectivity index (χ1) is 5.20. The van der Waals surface area contributed by atoms with Crippen LogP contribution >= 0.6 is 0 Å². The van der Waals surface area contributed by atoms with Gasteiger partial charge in [-0.05, 0) is 25.7 Å². The second kappa shape index (κ2) is 3.56. The Balaban J connectivity index is 2.46. The van der Waals surface area contributed by atoms with Crippen LogP contribution in [0.1, 0.15) is 26.2 Å². The molecule has 0 aromatic rings. The molecule has 1 fully saturated rings. The normalized spacial score (nSPS) is 25.5. The van der Waals surface area contributed by atoms with E-state index in [4.69, 9.17) is 0 Å². The summed E-state index contributed by atoms with van der Waals surface area (Å²) in [5.74, 6) is 0.739. The molecule has 1 aliphatic heterocycles. The van der Waals surface area contributed by atoms with Crippen molar-refractivity contribution in [2.45, 2.75) is 26.2 Å². The summed E-state index contributed by atoms with van der Waals surface area (Å²) in [4.78, 5) is 10.9. The average Bonchev–Trinajstić information content (AvgIpc) is 2.13. The fourth-order valence-electron chi connectivity index (χ4n) is 1.42. The predicted molar refractivity (Wildman–Crippen MR) is 45.2 cm³/mol. The van der Waals surface area contributed by atoms with Crippen LogP contribution in [0.25, 0.3) is 0 Å². The molecule has 0 aromatic carbocycles. The van der Waals surface area contributed by atoms with Crippen LogP contribution in [-0.2, 0) is 4.79 Å². The number of carbonyl (C=O) groups excluding carboxylic acids is 1. The monoisotopic (exact) mass is 153 g/mol. The van der Waals surface area contributed by atoms with Gasteiger partial charge in [-0.25, -0.2) is 0 Å². The molecule has 0 unspecified atom stereocenters. The number of hydrogen-bond donors (Lipinski definition) is 1. The van der Waals surface area contributed by atoms with Crippen LogP contribution in [0.3, 0.4) is 0 Å². The molecule has 1 rings (SSSR count). The largest absolute Gasteiger partial charge is 0.356 e. The fourth-order valence-corrected chi connectivity index (χ4v) is 1.42. The average molecular weight is 153 g/mol. The SMILES string of the molecule is C=C(C)[C@@H]1CCNC(=O)CC1. The molecular weight excluding hydrogens is 138 g/mol. The molecule has 0 aromatic heterocycles. The first-order valence-corrected chi connectivity index (χ1v) is 4.12. The molecule has 2 nitrogen and oxygen atoms in total. The molecular formula is C9H15NO. The molecule has 1 amide bonds. The second-order valence-electron chi connectivity index (χ2n) is 3.22. The van der Waals surface area contributed by atoms with Crippen molar-refractivity contribution in [1.82, 2.24) is 5.32 Å². The van der Waals surface area contributed by atoms with Gasteiger partial charge in [0.15, 0.2) is 0 Å². The highest BCUT2D eigenvalue weighted by atomic mass is 16.1. The lowest BCUT2D eigenvalue weighted by atomic mass is 9.94. The predicted octanol–water partition coefficient (Wildman–Crippen LogP) is 1.48. The van der Waals surface area contributed by atoms with Crippen LogP contribution in [0.15, 0.2) is 12.2 Å². The number of rotatable bonds is 1. The number of nitrogens with one attached hydrogen (secondary N) is 1. The first-order valence-electron chi connectivity index (χ1n) is 4.12. The van der Waals surface area contributed by atoms with E-state index in [-0.39, 0.29) is 5.91 Å². The van der Waals surface area contributed by atoms with E-state index >= 15 is 0 Å². The zero-order chi connectivity index (χ0) is 8.27. The van der Waals surface area contributed by atoms with Crippen molar-refractivity contribution < 1.29 is 4.79 Å². The first kappa shape index (κ1) is 8.31. The number of carbonyl (C=O) groups is 1. The van der Waals surface area contributed by atoms with Crippen LogP contribution < -0.4 is 5.32 Å². The molecule has 0 bridgehead atoms. The number of amides is 1. The van der Waals surface area contributed by atoms with Gasteiger partial charge in [0.2, 0.25) is 5.91 Å². The zero-order valence-corrected chi connectivity index (χ0v) is 7.02. The van der Waals surface area contributed by atoms with Crippen molar-refractivity contribution in [2.24, 2.45) is 5.92 Å². The van der Waals surface area contributed by atoms with Crippen molar-refractivity contribution in [3.8, 4) is 0 Å². The van der Waals surface area contributed by atoms with Gasteiger partial charge in [-0.3, -0.25) is 4.79 Å². The lowest BCUT2D eigenvalue weighted by Crippen LogP contribution is -2.21. The Hall–Kier alpha value is -0.790. The molecule has 0 saturated carbocycles. The van der Waals surface area contributed by atoms with Crippen LogP contribution in [0.2, 0.25) is 0 Å². The summed E-state index contributed by atoms with van der Waals surface area (Å²) < 4.78 is 0. The van der Waals surface area contributed by atoms with Crippen molar-refractivity contribution in [2.75, 3.05) is 6.54 Å². The van der Waals surface area contributed by atoms with Gasteiger partial charge in [0.05, 0.1) is 0 Å². The molecule has 62 valence electrons. The minimum absolute atomic E-state index is 0.189. The smallest absolute Gasteiger partial charge is 0.220 e. The molecule has 0 radical (unpaired) electrons. The second-order valence-corrected chi connectivity index (χ2v) is 3.22. The minimum Gasteiger partial charge on any atom is -0.356 e. The zero-order valence-electron chi connectivity index (χ0n) is 7.02. The van der Waals surface area contributed by atoms with E-state index in [0.29, 0.717) is 12.3 Å². The Kier molecular flexibility index (Phi) is 2.69. The summed E-state index contributed by atoms with van der Waals surface area (Å²) in [6, 6.07) is 0. The van der Waals surface area contributed by atoms with Crippen LogP contribution in [0.5, 0.6) is 0 Å². The minimum atomic E-state index is 0.189. The molecule has 1 heterocycles. The van der Waals surface area contributed by atoms with E-state index in [1.165, 1.54) is 5.57 Å². The number of allylic oxidation sites excluding steroid dienone is 1. The molecule has 1 N–H and O–H groups in total. The summed E-state index contributed by atoms with van der Waals surface area (Å²) in [6.07, 6.45) is 2.69. The van der Waals surface area contributed by atoms with Crippen molar-refractivity contribution in [1.29, 1.82) is 0 Å². The summed E-state index contributed by atoms with van der Waals surface area (Å²) in [5, 5.41) is 2.85. The van der Waals surface area contributed by atoms with Crippen LogP contribution in [0.4, 0.5) is 0 Å². The molecule has 1 aliphatic rings. The van der Waals surface area contributed by atoms with E-state index in [2.05, 4.69) is 11.9 Å². The van der Waals surface area contributed by atoms with Gasteiger partial charge < -0.3 is 5.32 Å². The van der Waals surface area contributed by atoms with Gasteiger partial charge in [-0.2, -0.15) is 0 Å². The third-order valence-electron chi connectivity index (χ3n) is 2.23. The number of hydrogen-bond acceptors (Lipinski definition) is 1. The van der Waals surface area contributed by atoms with Crippen molar-refractivity contribution in [3.63, 3.8) is 0 Å². The highest BCUT2D eigenvalue weighted by molar-refractivity contribution is 5.76. The van der Waals surface area contributed by atoms with Gasteiger partial charge in [0, 0.05) is 13.0 Å². The third-order valence-corrected chi connectivity index (χ3v) is 2.23.